The maximum absolute atomic E-state index is 6.45. The summed E-state index contributed by atoms with van der Waals surface area (Å²) in [7, 11) is 0. The van der Waals surface area contributed by atoms with E-state index in [9.17, 15) is 0 Å². The second kappa shape index (κ2) is 6.38. The normalized spacial score (nSPS) is 16.0. The Morgan fingerprint density at radius 2 is 1.80 bits per heavy atom. The monoisotopic (exact) mass is 271 g/mol. The molecule has 0 amide bonds. The minimum absolute atomic E-state index is 0.00161. The van der Waals surface area contributed by atoms with Crippen molar-refractivity contribution in [3.05, 3.63) is 48.0 Å². The van der Waals surface area contributed by atoms with Crippen LogP contribution >= 0.6 is 0 Å². The summed E-state index contributed by atoms with van der Waals surface area (Å²) >= 11 is 0. The lowest BCUT2D eigenvalue weighted by molar-refractivity contribution is -0.0460. The van der Waals surface area contributed by atoms with Gasteiger partial charge in [-0.3, -0.25) is 0 Å². The van der Waals surface area contributed by atoms with Crippen LogP contribution in [0.4, 0.5) is 0 Å². The maximum atomic E-state index is 6.45. The van der Waals surface area contributed by atoms with Gasteiger partial charge < -0.3 is 10.5 Å². The number of ether oxygens (including phenoxy) is 1. The molecule has 2 atom stereocenters. The Morgan fingerprint density at radius 3 is 2.50 bits per heavy atom. The highest BCUT2D eigenvalue weighted by molar-refractivity contribution is 5.85. The Balaban J connectivity index is 2.27. The van der Waals surface area contributed by atoms with E-state index in [4.69, 9.17) is 10.5 Å². The van der Waals surface area contributed by atoms with Gasteiger partial charge in [-0.25, -0.2) is 0 Å². The average Bonchev–Trinajstić information content (AvgIpc) is 2.47. The van der Waals surface area contributed by atoms with Crippen molar-refractivity contribution < 1.29 is 4.74 Å². The molecule has 2 N–H and O–H groups in total. The average molecular weight is 271 g/mol. The van der Waals surface area contributed by atoms with E-state index in [1.54, 1.807) is 0 Å². The van der Waals surface area contributed by atoms with Gasteiger partial charge in [0.25, 0.3) is 0 Å². The fraction of sp³-hybridized carbons (Fsp3) is 0.444. The highest BCUT2D eigenvalue weighted by atomic mass is 16.5. The molecule has 108 valence electrons. The molecule has 0 spiro atoms. The van der Waals surface area contributed by atoms with Crippen molar-refractivity contribution in [3.8, 4) is 0 Å². The van der Waals surface area contributed by atoms with Gasteiger partial charge >= 0.3 is 0 Å². The molecule has 0 aliphatic heterocycles. The van der Waals surface area contributed by atoms with Crippen molar-refractivity contribution >= 4 is 10.8 Å². The van der Waals surface area contributed by atoms with Gasteiger partial charge in [0.05, 0.1) is 5.60 Å². The largest absolute Gasteiger partial charge is 0.374 e. The van der Waals surface area contributed by atoms with Gasteiger partial charge in [-0.05, 0) is 43.0 Å². The molecule has 2 aromatic carbocycles. The molecule has 2 aromatic rings. The zero-order valence-corrected chi connectivity index (χ0v) is 12.7. The van der Waals surface area contributed by atoms with Crippen LogP contribution in [0.2, 0.25) is 0 Å². The first kappa shape index (κ1) is 15.0. The van der Waals surface area contributed by atoms with Crippen LogP contribution in [-0.2, 0) is 11.2 Å². The number of benzene rings is 2. The van der Waals surface area contributed by atoms with E-state index >= 15 is 0 Å². The molecule has 0 aromatic heterocycles. The third-order valence-corrected chi connectivity index (χ3v) is 4.28. The molecule has 0 aliphatic carbocycles. The SMILES string of the molecule is CCOC(C)(CC)C(N)Cc1cccc2ccccc12. The third kappa shape index (κ3) is 3.02. The molecule has 0 saturated heterocycles. The minimum atomic E-state index is -0.258. The molecule has 20 heavy (non-hydrogen) atoms. The van der Waals surface area contributed by atoms with Crippen LogP contribution in [-0.4, -0.2) is 18.2 Å². The molecule has 2 rings (SSSR count). The first-order valence-corrected chi connectivity index (χ1v) is 7.47. The zero-order chi connectivity index (χ0) is 14.6. The van der Waals surface area contributed by atoms with E-state index in [0.29, 0.717) is 6.61 Å². The molecule has 0 fully saturated rings. The highest BCUT2D eigenvalue weighted by Gasteiger charge is 2.30. The van der Waals surface area contributed by atoms with Gasteiger partial charge in [-0.1, -0.05) is 49.4 Å². The minimum Gasteiger partial charge on any atom is -0.374 e. The van der Waals surface area contributed by atoms with Crippen LogP contribution in [0.25, 0.3) is 10.8 Å². The number of nitrogens with two attached hydrogens (primary N) is 1. The second-order valence-corrected chi connectivity index (χ2v) is 5.55. The van der Waals surface area contributed by atoms with Crippen LogP contribution in [0, 0.1) is 0 Å². The summed E-state index contributed by atoms with van der Waals surface area (Å²) in [4.78, 5) is 0. The van der Waals surface area contributed by atoms with E-state index in [2.05, 4.69) is 56.3 Å². The van der Waals surface area contributed by atoms with Crippen LogP contribution in [0.15, 0.2) is 42.5 Å². The van der Waals surface area contributed by atoms with Crippen molar-refractivity contribution in [2.24, 2.45) is 5.73 Å². The van der Waals surface area contributed by atoms with E-state index in [1.807, 2.05) is 6.92 Å². The Bertz CT molecular complexity index is 561. The summed E-state index contributed by atoms with van der Waals surface area (Å²) in [5.41, 5.74) is 7.49. The van der Waals surface area contributed by atoms with Gasteiger partial charge in [0.1, 0.15) is 0 Å². The van der Waals surface area contributed by atoms with Crippen molar-refractivity contribution in [3.63, 3.8) is 0 Å². The summed E-state index contributed by atoms with van der Waals surface area (Å²) in [6, 6.07) is 14.9. The van der Waals surface area contributed by atoms with Gasteiger partial charge in [0, 0.05) is 12.6 Å². The lowest BCUT2D eigenvalue weighted by atomic mass is 9.87. The number of hydrogen-bond acceptors (Lipinski definition) is 2. The number of fused-ring (bicyclic) bond motifs is 1. The fourth-order valence-corrected chi connectivity index (χ4v) is 2.72. The molecule has 2 nitrogen and oxygen atoms in total. The molecule has 2 unspecified atom stereocenters. The van der Waals surface area contributed by atoms with Crippen LogP contribution in [0.1, 0.15) is 32.8 Å². The van der Waals surface area contributed by atoms with E-state index in [-0.39, 0.29) is 11.6 Å². The summed E-state index contributed by atoms with van der Waals surface area (Å²) < 4.78 is 5.90. The lowest BCUT2D eigenvalue weighted by Gasteiger charge is -2.34. The molecule has 0 radical (unpaired) electrons. The van der Waals surface area contributed by atoms with E-state index in [0.717, 1.165) is 12.8 Å². The van der Waals surface area contributed by atoms with Crippen LogP contribution < -0.4 is 5.73 Å². The Labute approximate surface area is 121 Å². The number of hydrogen-bond donors (Lipinski definition) is 1. The summed E-state index contributed by atoms with van der Waals surface area (Å²) in [5.74, 6) is 0. The summed E-state index contributed by atoms with van der Waals surface area (Å²) in [6.45, 7) is 6.98. The van der Waals surface area contributed by atoms with Crippen LogP contribution in [0.3, 0.4) is 0 Å². The molecule has 2 heteroatoms. The Hall–Kier alpha value is -1.38. The molecule has 0 heterocycles. The third-order valence-electron chi connectivity index (χ3n) is 4.28. The fourth-order valence-electron chi connectivity index (χ4n) is 2.72. The van der Waals surface area contributed by atoms with Gasteiger partial charge in [0.15, 0.2) is 0 Å². The second-order valence-electron chi connectivity index (χ2n) is 5.55. The highest BCUT2D eigenvalue weighted by Crippen LogP contribution is 2.25. The Morgan fingerprint density at radius 1 is 1.10 bits per heavy atom. The van der Waals surface area contributed by atoms with Crippen molar-refractivity contribution in [1.29, 1.82) is 0 Å². The molecular formula is C18H25NO. The summed E-state index contributed by atoms with van der Waals surface area (Å²) in [5, 5.41) is 2.56. The van der Waals surface area contributed by atoms with Gasteiger partial charge in [0.2, 0.25) is 0 Å². The lowest BCUT2D eigenvalue weighted by Crippen LogP contribution is -2.48. The molecule has 0 bridgehead atoms. The molecular weight excluding hydrogens is 246 g/mol. The first-order chi connectivity index (χ1) is 9.60. The quantitative estimate of drug-likeness (QED) is 0.864. The van der Waals surface area contributed by atoms with Gasteiger partial charge in [-0.15, -0.1) is 0 Å². The van der Waals surface area contributed by atoms with Crippen molar-refractivity contribution in [1.82, 2.24) is 0 Å². The zero-order valence-electron chi connectivity index (χ0n) is 12.7. The smallest absolute Gasteiger partial charge is 0.0805 e. The standard InChI is InChI=1S/C18H25NO/c1-4-18(3,20-5-2)17(19)13-15-11-8-10-14-9-6-7-12-16(14)15/h6-12,17H,4-5,13,19H2,1-3H3. The van der Waals surface area contributed by atoms with Gasteiger partial charge in [-0.2, -0.15) is 0 Å². The predicted octanol–water partition coefficient (Wildman–Crippen LogP) is 3.91. The van der Waals surface area contributed by atoms with E-state index < -0.39 is 0 Å². The Kier molecular flexibility index (Phi) is 4.79. The maximum Gasteiger partial charge on any atom is 0.0805 e. The topological polar surface area (TPSA) is 35.2 Å². The number of rotatable bonds is 6. The predicted molar refractivity (Wildman–Crippen MR) is 85.9 cm³/mol. The summed E-state index contributed by atoms with van der Waals surface area (Å²) in [6.07, 6.45) is 1.76. The van der Waals surface area contributed by atoms with Crippen LogP contribution in [0.5, 0.6) is 0 Å². The van der Waals surface area contributed by atoms with Crippen molar-refractivity contribution in [2.75, 3.05) is 6.61 Å². The van der Waals surface area contributed by atoms with Crippen molar-refractivity contribution in [2.45, 2.75) is 45.3 Å². The van der Waals surface area contributed by atoms with E-state index in [1.165, 1.54) is 16.3 Å². The molecule has 0 aliphatic rings. The molecule has 0 saturated carbocycles. The first-order valence-electron chi connectivity index (χ1n) is 7.47.